The Morgan fingerprint density at radius 1 is 0.871 bits per heavy atom. The average Bonchev–Trinajstić information content (AvgIpc) is 3.31. The van der Waals surface area contributed by atoms with Crippen molar-refractivity contribution < 1.29 is 23.7 Å². The maximum Gasteiger partial charge on any atom is 0.254 e. The largest absolute Gasteiger partial charge is 0.497 e. The second-order valence-corrected chi connectivity index (χ2v) is 7.21. The van der Waals surface area contributed by atoms with Crippen LogP contribution >= 0.6 is 0 Å². The Balaban J connectivity index is 1.81. The first-order valence-electron chi connectivity index (χ1n) is 10.0. The number of hydrogen-bond donors (Lipinski definition) is 0. The summed E-state index contributed by atoms with van der Waals surface area (Å²) < 4.78 is 24.0. The first-order chi connectivity index (χ1) is 15.1. The monoisotopic (exact) mass is 422 g/mol. The van der Waals surface area contributed by atoms with Crippen LogP contribution in [0.25, 0.3) is 0 Å². The topological polar surface area (TPSA) is 62.2 Å². The van der Waals surface area contributed by atoms with Crippen LogP contribution in [0.5, 0.6) is 23.0 Å². The predicted molar refractivity (Wildman–Crippen MR) is 116 cm³/mol. The molecule has 0 spiro atoms. The molecule has 7 heteroatoms. The van der Waals surface area contributed by atoms with Gasteiger partial charge >= 0.3 is 0 Å². The summed E-state index contributed by atoms with van der Waals surface area (Å²) in [6.45, 7) is 1.30. The van der Waals surface area contributed by atoms with Crippen LogP contribution in [0.2, 0.25) is 0 Å². The highest BCUT2D eigenvalue weighted by molar-refractivity contribution is 5.95. The molecule has 1 aromatic heterocycles. The van der Waals surface area contributed by atoms with Crippen LogP contribution in [-0.2, 0) is 6.54 Å². The molecular formula is C24H26N2O5. The lowest BCUT2D eigenvalue weighted by Crippen LogP contribution is -2.42. The molecule has 0 fully saturated rings. The maximum atomic E-state index is 13.5. The molecule has 1 aliphatic heterocycles. The average molecular weight is 422 g/mol. The van der Waals surface area contributed by atoms with E-state index in [9.17, 15) is 4.79 Å². The summed E-state index contributed by atoms with van der Waals surface area (Å²) >= 11 is 0. The number of rotatable bonds is 6. The molecule has 0 saturated heterocycles. The number of carbonyl (C=O) groups is 1. The summed E-state index contributed by atoms with van der Waals surface area (Å²) in [7, 11) is 6.36. The molecule has 1 aliphatic rings. The van der Waals surface area contributed by atoms with Gasteiger partial charge in [0.2, 0.25) is 5.75 Å². The van der Waals surface area contributed by atoms with Gasteiger partial charge in [0.1, 0.15) is 5.75 Å². The third-order valence-electron chi connectivity index (χ3n) is 5.64. The number of amides is 1. The summed E-state index contributed by atoms with van der Waals surface area (Å²) in [5.74, 6) is 2.29. The second-order valence-electron chi connectivity index (χ2n) is 7.21. The summed E-state index contributed by atoms with van der Waals surface area (Å²) in [6.07, 6.45) is 2.04. The van der Waals surface area contributed by atoms with Gasteiger partial charge < -0.3 is 28.4 Å². The zero-order valence-corrected chi connectivity index (χ0v) is 18.1. The lowest BCUT2D eigenvalue weighted by Gasteiger charge is -2.37. The van der Waals surface area contributed by atoms with E-state index in [0.29, 0.717) is 35.1 Å². The summed E-state index contributed by atoms with van der Waals surface area (Å²) in [5.41, 5.74) is 2.52. The van der Waals surface area contributed by atoms with E-state index in [1.807, 2.05) is 35.4 Å². The lowest BCUT2D eigenvalue weighted by atomic mass is 9.97. The number of hydrogen-bond acceptors (Lipinski definition) is 5. The Labute approximate surface area is 181 Å². The van der Waals surface area contributed by atoms with Crippen LogP contribution in [0, 0.1) is 0 Å². The van der Waals surface area contributed by atoms with Crippen molar-refractivity contribution in [1.29, 1.82) is 0 Å². The standard InChI is InChI=1S/C24H26N2O5/c1-28-18-9-7-16(8-10-18)24(27)26-13-12-25-11-5-6-19(25)22(26)17-14-20(29-2)23(31-4)21(15-17)30-3/h5-11,14-15,22H,12-13H2,1-4H3/t22-/m1/s1. The Hall–Kier alpha value is -3.61. The first kappa shape index (κ1) is 20.7. The highest BCUT2D eigenvalue weighted by atomic mass is 16.5. The minimum atomic E-state index is -0.299. The van der Waals surface area contributed by atoms with Crippen LogP contribution in [0.15, 0.2) is 54.7 Å². The molecule has 2 heterocycles. The molecular weight excluding hydrogens is 396 g/mol. The molecule has 0 N–H and O–H groups in total. The molecule has 1 amide bonds. The molecule has 3 aromatic rings. The molecule has 0 bridgehead atoms. The Bertz CT molecular complexity index is 1050. The highest BCUT2D eigenvalue weighted by Crippen LogP contribution is 2.43. The maximum absolute atomic E-state index is 13.5. The van der Waals surface area contributed by atoms with Crippen LogP contribution in [-0.4, -0.2) is 50.4 Å². The van der Waals surface area contributed by atoms with Gasteiger partial charge in [-0.05, 0) is 54.1 Å². The van der Waals surface area contributed by atoms with Gasteiger partial charge in [-0.15, -0.1) is 0 Å². The minimum absolute atomic E-state index is 0.0474. The van der Waals surface area contributed by atoms with E-state index >= 15 is 0 Å². The third-order valence-corrected chi connectivity index (χ3v) is 5.64. The molecule has 4 rings (SSSR count). The smallest absolute Gasteiger partial charge is 0.254 e. The molecule has 1 atom stereocenters. The molecule has 7 nitrogen and oxygen atoms in total. The fraction of sp³-hybridized carbons (Fsp3) is 0.292. The molecule has 0 unspecified atom stereocenters. The molecule has 0 radical (unpaired) electrons. The summed E-state index contributed by atoms with van der Waals surface area (Å²) in [5, 5.41) is 0. The van der Waals surface area contributed by atoms with E-state index in [4.69, 9.17) is 18.9 Å². The summed E-state index contributed by atoms with van der Waals surface area (Å²) in [6, 6.07) is 14.7. The molecule has 31 heavy (non-hydrogen) atoms. The number of benzene rings is 2. The van der Waals surface area contributed by atoms with Crippen LogP contribution in [0.3, 0.4) is 0 Å². The van der Waals surface area contributed by atoms with E-state index in [0.717, 1.165) is 17.8 Å². The Morgan fingerprint density at radius 3 is 2.13 bits per heavy atom. The third kappa shape index (κ3) is 3.67. The van der Waals surface area contributed by atoms with Crippen molar-refractivity contribution in [1.82, 2.24) is 9.47 Å². The van der Waals surface area contributed by atoms with Gasteiger partial charge in [-0.3, -0.25) is 4.79 Å². The normalized spacial score (nSPS) is 15.2. The van der Waals surface area contributed by atoms with E-state index in [1.54, 1.807) is 52.7 Å². The first-order valence-corrected chi connectivity index (χ1v) is 10.0. The number of aromatic nitrogens is 1. The van der Waals surface area contributed by atoms with Gasteiger partial charge in [-0.25, -0.2) is 0 Å². The zero-order chi connectivity index (χ0) is 22.0. The minimum Gasteiger partial charge on any atom is -0.497 e. The molecule has 2 aromatic carbocycles. The predicted octanol–water partition coefficient (Wildman–Crippen LogP) is 3.77. The second kappa shape index (κ2) is 8.63. The quantitative estimate of drug-likeness (QED) is 0.605. The zero-order valence-electron chi connectivity index (χ0n) is 18.1. The lowest BCUT2D eigenvalue weighted by molar-refractivity contribution is 0.0663. The van der Waals surface area contributed by atoms with Crippen molar-refractivity contribution in [2.45, 2.75) is 12.6 Å². The number of fused-ring (bicyclic) bond motifs is 1. The van der Waals surface area contributed by atoms with Crippen molar-refractivity contribution in [2.24, 2.45) is 0 Å². The molecule has 0 aliphatic carbocycles. The van der Waals surface area contributed by atoms with Gasteiger partial charge in [0.25, 0.3) is 5.91 Å². The van der Waals surface area contributed by atoms with Gasteiger partial charge in [0.05, 0.1) is 34.5 Å². The fourth-order valence-corrected chi connectivity index (χ4v) is 4.11. The van der Waals surface area contributed by atoms with Gasteiger partial charge in [0.15, 0.2) is 11.5 Å². The van der Waals surface area contributed by atoms with Crippen molar-refractivity contribution in [3.63, 3.8) is 0 Å². The van der Waals surface area contributed by atoms with E-state index in [-0.39, 0.29) is 11.9 Å². The SMILES string of the molecule is COc1ccc(C(=O)N2CCn3cccc3[C@H]2c2cc(OC)c(OC)c(OC)c2)cc1. The fourth-order valence-electron chi connectivity index (χ4n) is 4.11. The highest BCUT2D eigenvalue weighted by Gasteiger charge is 2.34. The van der Waals surface area contributed by atoms with E-state index < -0.39 is 0 Å². The van der Waals surface area contributed by atoms with Crippen molar-refractivity contribution in [2.75, 3.05) is 35.0 Å². The van der Waals surface area contributed by atoms with Gasteiger partial charge in [-0.2, -0.15) is 0 Å². The van der Waals surface area contributed by atoms with Crippen molar-refractivity contribution in [3.8, 4) is 23.0 Å². The van der Waals surface area contributed by atoms with E-state index in [2.05, 4.69) is 4.57 Å². The Morgan fingerprint density at radius 2 is 1.55 bits per heavy atom. The number of ether oxygens (including phenoxy) is 4. The van der Waals surface area contributed by atoms with Crippen LogP contribution in [0.1, 0.15) is 27.7 Å². The van der Waals surface area contributed by atoms with Crippen molar-refractivity contribution >= 4 is 5.91 Å². The van der Waals surface area contributed by atoms with Crippen LogP contribution < -0.4 is 18.9 Å². The number of methoxy groups -OCH3 is 4. The van der Waals surface area contributed by atoms with Gasteiger partial charge in [-0.1, -0.05) is 0 Å². The number of carbonyl (C=O) groups excluding carboxylic acids is 1. The summed E-state index contributed by atoms with van der Waals surface area (Å²) in [4.78, 5) is 15.4. The molecule has 0 saturated carbocycles. The van der Waals surface area contributed by atoms with Crippen LogP contribution in [0.4, 0.5) is 0 Å². The number of nitrogens with zero attached hydrogens (tertiary/aromatic N) is 2. The molecule has 162 valence electrons. The van der Waals surface area contributed by atoms with E-state index in [1.165, 1.54) is 0 Å². The Kier molecular flexibility index (Phi) is 5.75. The van der Waals surface area contributed by atoms with Crippen molar-refractivity contribution in [3.05, 3.63) is 71.5 Å². The van der Waals surface area contributed by atoms with Gasteiger partial charge in [0, 0.05) is 30.5 Å².